The van der Waals surface area contributed by atoms with Gasteiger partial charge in [0.25, 0.3) is 5.91 Å². The van der Waals surface area contributed by atoms with Gasteiger partial charge >= 0.3 is 0 Å². The number of benzene rings is 6. The van der Waals surface area contributed by atoms with Gasteiger partial charge in [-0.3, -0.25) is 9.69 Å². The molecule has 6 aromatic rings. The molecule has 1 N–H and O–H groups in total. The Morgan fingerprint density at radius 3 is 1.73 bits per heavy atom. The predicted molar refractivity (Wildman–Crippen MR) is 193 cm³/mol. The number of hydrogen-bond donors (Lipinski definition) is 1. The summed E-state index contributed by atoms with van der Waals surface area (Å²) in [5.41, 5.74) is 9.86. The van der Waals surface area contributed by atoms with Crippen molar-refractivity contribution in [1.29, 1.82) is 0 Å². The highest BCUT2D eigenvalue weighted by Gasteiger charge is 2.42. The van der Waals surface area contributed by atoms with Gasteiger partial charge in [-0.05, 0) is 109 Å². The maximum atomic E-state index is 14.6. The van der Waals surface area contributed by atoms with Crippen LogP contribution in [0.4, 0.5) is 11.4 Å². The van der Waals surface area contributed by atoms with Crippen LogP contribution in [0, 0.1) is 0 Å². The molecule has 2 aliphatic heterocycles. The fraction of sp³-hybridized carbons (Fsp3) is 0.167. The largest absolute Gasteiger partial charge is 0.494 e. The lowest BCUT2D eigenvalue weighted by Gasteiger charge is -2.32. The zero-order chi connectivity index (χ0) is 32.8. The number of nitrogens with one attached hydrogen (secondary N) is 1. The van der Waals surface area contributed by atoms with E-state index in [2.05, 4.69) is 72.0 Å². The van der Waals surface area contributed by atoms with Crippen molar-refractivity contribution < 1.29 is 19.0 Å². The van der Waals surface area contributed by atoms with E-state index >= 15 is 0 Å². The third kappa shape index (κ3) is 4.92. The summed E-state index contributed by atoms with van der Waals surface area (Å²) in [6, 6.07) is 39.2. The van der Waals surface area contributed by atoms with Crippen LogP contribution in [0.25, 0.3) is 44.2 Å². The van der Waals surface area contributed by atoms with Crippen LogP contribution in [0.5, 0.6) is 17.2 Å². The molecule has 2 heterocycles. The van der Waals surface area contributed by atoms with Crippen LogP contribution in [0.2, 0.25) is 0 Å². The summed E-state index contributed by atoms with van der Waals surface area (Å²) in [5.74, 6) is 2.48. The van der Waals surface area contributed by atoms with Gasteiger partial charge in [0.15, 0.2) is 0 Å². The Bertz CT molecular complexity index is 2160. The number of anilines is 2. The lowest BCUT2D eigenvalue weighted by atomic mass is 9.88. The zero-order valence-electron chi connectivity index (χ0n) is 27.2. The molecule has 48 heavy (non-hydrogen) atoms. The van der Waals surface area contributed by atoms with Gasteiger partial charge in [-0.25, -0.2) is 0 Å². The van der Waals surface area contributed by atoms with Gasteiger partial charge in [0.2, 0.25) is 0 Å². The SMILES string of the molecule is CCOc1ccc(-c2cc(-c3ccc(OCC)cc3)c3c(c2)N2C(=O)c4cccc5c(-c6ccc(OCC)cc6)ccc(c45)C2N3)cc1. The maximum Gasteiger partial charge on any atom is 0.260 e. The molecule has 6 heteroatoms. The van der Waals surface area contributed by atoms with E-state index in [0.29, 0.717) is 25.4 Å². The molecule has 1 atom stereocenters. The maximum absolute atomic E-state index is 14.6. The summed E-state index contributed by atoms with van der Waals surface area (Å²) in [4.78, 5) is 16.5. The van der Waals surface area contributed by atoms with Gasteiger partial charge < -0.3 is 19.5 Å². The Kier molecular flexibility index (Phi) is 7.48. The molecule has 1 amide bonds. The van der Waals surface area contributed by atoms with Gasteiger partial charge in [-0.2, -0.15) is 0 Å². The van der Waals surface area contributed by atoms with Crippen LogP contribution in [0.1, 0.15) is 42.9 Å². The van der Waals surface area contributed by atoms with Crippen molar-refractivity contribution in [2.45, 2.75) is 26.9 Å². The molecule has 0 saturated heterocycles. The molecule has 6 nitrogen and oxygen atoms in total. The van der Waals surface area contributed by atoms with Crippen LogP contribution in [0.3, 0.4) is 0 Å². The van der Waals surface area contributed by atoms with E-state index in [4.69, 9.17) is 14.2 Å². The van der Waals surface area contributed by atoms with Crippen LogP contribution < -0.4 is 24.4 Å². The highest BCUT2D eigenvalue weighted by atomic mass is 16.5. The first-order valence-corrected chi connectivity index (χ1v) is 16.6. The predicted octanol–water partition coefficient (Wildman–Crippen LogP) is 10.1. The van der Waals surface area contributed by atoms with E-state index in [1.165, 1.54) is 0 Å². The van der Waals surface area contributed by atoms with Crippen molar-refractivity contribution in [3.05, 3.63) is 126 Å². The number of amides is 1. The van der Waals surface area contributed by atoms with Gasteiger partial charge in [0, 0.05) is 22.1 Å². The lowest BCUT2D eigenvalue weighted by molar-refractivity contribution is 0.0980. The van der Waals surface area contributed by atoms with E-state index in [0.717, 1.165) is 78.3 Å². The molecule has 2 aliphatic rings. The smallest absolute Gasteiger partial charge is 0.260 e. The topological polar surface area (TPSA) is 60.0 Å². The molecule has 8 rings (SSSR count). The second-order valence-corrected chi connectivity index (χ2v) is 11.9. The van der Waals surface area contributed by atoms with E-state index < -0.39 is 0 Å². The number of carbonyl (C=O) groups is 1. The van der Waals surface area contributed by atoms with Crippen LogP contribution >= 0.6 is 0 Å². The van der Waals surface area contributed by atoms with Gasteiger partial charge in [-0.1, -0.05) is 60.7 Å². The monoisotopic (exact) mass is 632 g/mol. The highest BCUT2D eigenvalue weighted by molar-refractivity contribution is 6.22. The number of fused-ring (bicyclic) bond motifs is 4. The summed E-state index contributed by atoms with van der Waals surface area (Å²) >= 11 is 0. The lowest BCUT2D eigenvalue weighted by Crippen LogP contribution is -2.37. The summed E-state index contributed by atoms with van der Waals surface area (Å²) in [6.07, 6.45) is -0.351. The summed E-state index contributed by atoms with van der Waals surface area (Å²) < 4.78 is 17.1. The van der Waals surface area contributed by atoms with Crippen molar-refractivity contribution >= 4 is 28.1 Å². The standard InChI is InChI=1S/C42H36N2O4/c1-4-46-30-16-10-26(11-17-30)29-24-37(28-14-20-32(21-15-28)48-6-3)40-38(25-29)44-41(43-40)35-23-22-33(27-12-18-31(19-13-27)47-5-2)34-8-7-9-36(39(34)35)42(44)45/h7-25,41,43H,4-6H2,1-3H3. The average molecular weight is 633 g/mol. The minimum absolute atomic E-state index is 0.0188. The Hall–Kier alpha value is -5.75. The first-order valence-electron chi connectivity index (χ1n) is 16.6. The first-order chi connectivity index (χ1) is 23.6. The number of hydrogen-bond acceptors (Lipinski definition) is 5. The molecule has 0 fully saturated rings. The van der Waals surface area contributed by atoms with Crippen molar-refractivity contribution in [3.8, 4) is 50.6 Å². The molecular weight excluding hydrogens is 596 g/mol. The number of nitrogens with zero attached hydrogens (tertiary/aromatic N) is 1. The molecule has 0 bridgehead atoms. The second kappa shape index (κ2) is 12.1. The van der Waals surface area contributed by atoms with E-state index in [1.807, 2.05) is 74.2 Å². The highest BCUT2D eigenvalue weighted by Crippen LogP contribution is 2.53. The molecule has 0 spiro atoms. The van der Waals surface area contributed by atoms with Gasteiger partial charge in [-0.15, -0.1) is 0 Å². The van der Waals surface area contributed by atoms with Crippen molar-refractivity contribution in [2.75, 3.05) is 30.0 Å². The summed E-state index contributed by atoms with van der Waals surface area (Å²) in [6.45, 7) is 7.79. The molecule has 0 aromatic heterocycles. The molecular formula is C42H36N2O4. The Morgan fingerprint density at radius 1 is 0.583 bits per heavy atom. The fourth-order valence-electron chi connectivity index (χ4n) is 7.07. The molecule has 0 radical (unpaired) electrons. The molecule has 6 aromatic carbocycles. The van der Waals surface area contributed by atoms with Gasteiger partial charge in [0.05, 0.1) is 31.2 Å². The Morgan fingerprint density at radius 2 is 1.15 bits per heavy atom. The summed E-state index contributed by atoms with van der Waals surface area (Å²) in [7, 11) is 0. The number of carbonyl (C=O) groups excluding carboxylic acids is 1. The van der Waals surface area contributed by atoms with Gasteiger partial charge in [0.1, 0.15) is 23.4 Å². The number of ether oxygens (including phenoxy) is 3. The third-order valence-corrected chi connectivity index (χ3v) is 9.18. The minimum atomic E-state index is -0.351. The molecule has 1 unspecified atom stereocenters. The molecule has 238 valence electrons. The van der Waals surface area contributed by atoms with Crippen molar-refractivity contribution in [2.24, 2.45) is 0 Å². The van der Waals surface area contributed by atoms with Crippen LogP contribution in [-0.2, 0) is 0 Å². The molecule has 0 saturated carbocycles. The van der Waals surface area contributed by atoms with Crippen LogP contribution in [0.15, 0.2) is 115 Å². The minimum Gasteiger partial charge on any atom is -0.494 e. The first kappa shape index (κ1) is 29.6. The Balaban J connectivity index is 1.27. The normalized spacial score (nSPS) is 14.4. The third-order valence-electron chi connectivity index (χ3n) is 9.18. The van der Waals surface area contributed by atoms with Crippen molar-refractivity contribution in [3.63, 3.8) is 0 Å². The Labute approximate surface area is 280 Å². The average Bonchev–Trinajstić information content (AvgIpc) is 3.51. The van der Waals surface area contributed by atoms with E-state index in [-0.39, 0.29) is 12.1 Å². The van der Waals surface area contributed by atoms with Crippen molar-refractivity contribution in [1.82, 2.24) is 0 Å². The molecule has 0 aliphatic carbocycles. The van der Waals surface area contributed by atoms with E-state index in [9.17, 15) is 4.79 Å². The summed E-state index contributed by atoms with van der Waals surface area (Å²) in [5, 5.41) is 5.84. The zero-order valence-corrected chi connectivity index (χ0v) is 27.2. The van der Waals surface area contributed by atoms with E-state index in [1.54, 1.807) is 0 Å². The fourth-order valence-corrected chi connectivity index (χ4v) is 7.07. The van der Waals surface area contributed by atoms with Crippen LogP contribution in [-0.4, -0.2) is 25.7 Å². The second-order valence-electron chi connectivity index (χ2n) is 11.9. The quantitative estimate of drug-likeness (QED) is 0.172. The number of rotatable bonds is 9.